The zero-order valence-corrected chi connectivity index (χ0v) is 13.2. The van der Waals surface area contributed by atoms with Crippen molar-refractivity contribution in [1.29, 1.82) is 0 Å². The third kappa shape index (κ3) is 5.73. The van der Waals surface area contributed by atoms with Gasteiger partial charge in [-0.25, -0.2) is 9.59 Å². The van der Waals surface area contributed by atoms with Crippen LogP contribution in [0.4, 0.5) is 10.5 Å². The van der Waals surface area contributed by atoms with Gasteiger partial charge in [0.15, 0.2) is 0 Å². The first-order chi connectivity index (χ1) is 10.6. The van der Waals surface area contributed by atoms with Crippen LogP contribution < -0.4 is 5.32 Å². The Morgan fingerprint density at radius 2 is 2.04 bits per heavy atom. The maximum absolute atomic E-state index is 11.8. The van der Waals surface area contributed by atoms with Crippen molar-refractivity contribution in [2.75, 3.05) is 7.11 Å². The third-order valence-electron chi connectivity index (χ3n) is 2.37. The van der Waals surface area contributed by atoms with E-state index >= 15 is 0 Å². The van der Waals surface area contributed by atoms with Crippen LogP contribution in [0.25, 0.3) is 6.08 Å². The number of nitrogens with zero attached hydrogens (tertiary/aromatic N) is 2. The number of carbonyl (C=O) groups is 2. The van der Waals surface area contributed by atoms with Crippen molar-refractivity contribution in [2.24, 2.45) is 0 Å². The first kappa shape index (κ1) is 18.1. The fraction of sp³-hybridized carbons (Fsp3) is 0.357. The highest BCUT2D eigenvalue weighted by atomic mass is 16.6. The van der Waals surface area contributed by atoms with Crippen molar-refractivity contribution in [3.05, 3.63) is 39.8 Å². The topological polar surface area (TPSA) is 121 Å². The number of nitrogens with one attached hydrogen (secondary N) is 1. The summed E-state index contributed by atoms with van der Waals surface area (Å²) in [5, 5.41) is 13.2. The molecule has 124 valence electrons. The van der Waals surface area contributed by atoms with E-state index in [4.69, 9.17) is 4.74 Å². The number of carbonyl (C=O) groups excluding carboxylic acids is 2. The summed E-state index contributed by atoms with van der Waals surface area (Å²) in [6.07, 6.45) is 2.59. The zero-order valence-electron chi connectivity index (χ0n) is 13.2. The SMILES string of the molecule is COC(=O)C(=Cc1ccncc1[N+](=O)[O-])NC(=O)OC(C)(C)C. The van der Waals surface area contributed by atoms with Crippen LogP contribution in [0, 0.1) is 10.1 Å². The molecule has 0 aromatic carbocycles. The first-order valence-corrected chi connectivity index (χ1v) is 6.52. The molecule has 0 radical (unpaired) electrons. The molecule has 0 saturated carbocycles. The second-order valence-electron chi connectivity index (χ2n) is 5.37. The van der Waals surface area contributed by atoms with Gasteiger partial charge in [0.1, 0.15) is 17.5 Å². The molecule has 9 heteroatoms. The largest absolute Gasteiger partial charge is 0.464 e. The quantitative estimate of drug-likeness (QED) is 0.389. The molecule has 0 bridgehead atoms. The van der Waals surface area contributed by atoms with E-state index in [2.05, 4.69) is 15.0 Å². The van der Waals surface area contributed by atoms with Gasteiger partial charge in [0.2, 0.25) is 0 Å². The van der Waals surface area contributed by atoms with Gasteiger partial charge in [0, 0.05) is 6.20 Å². The second-order valence-corrected chi connectivity index (χ2v) is 5.37. The second kappa shape index (κ2) is 7.34. The zero-order chi connectivity index (χ0) is 17.6. The van der Waals surface area contributed by atoms with E-state index in [1.807, 2.05) is 0 Å². The highest BCUT2D eigenvalue weighted by Crippen LogP contribution is 2.19. The standard InChI is InChI=1S/C14H17N3O6/c1-14(2,3)23-13(19)16-10(12(18)22-4)7-9-5-6-15-8-11(9)17(20)21/h5-8H,1-4H3,(H,16,19). The molecule has 0 aliphatic heterocycles. The van der Waals surface area contributed by atoms with Gasteiger partial charge < -0.3 is 9.47 Å². The van der Waals surface area contributed by atoms with Crippen LogP contribution in [-0.4, -0.2) is 34.7 Å². The van der Waals surface area contributed by atoms with Gasteiger partial charge in [0.25, 0.3) is 5.69 Å². The average molecular weight is 323 g/mol. The van der Waals surface area contributed by atoms with Crippen molar-refractivity contribution < 1.29 is 24.0 Å². The van der Waals surface area contributed by atoms with Gasteiger partial charge in [-0.3, -0.25) is 20.4 Å². The van der Waals surface area contributed by atoms with Crippen LogP contribution in [0.1, 0.15) is 26.3 Å². The molecule has 9 nitrogen and oxygen atoms in total. The Bertz CT molecular complexity index is 648. The summed E-state index contributed by atoms with van der Waals surface area (Å²) in [4.78, 5) is 37.5. The summed E-state index contributed by atoms with van der Waals surface area (Å²) >= 11 is 0. The summed E-state index contributed by atoms with van der Waals surface area (Å²) in [5.41, 5.74) is -1.30. The highest BCUT2D eigenvalue weighted by Gasteiger charge is 2.21. The van der Waals surface area contributed by atoms with E-state index < -0.39 is 22.6 Å². The Labute approximate surface area is 132 Å². The number of rotatable bonds is 4. The summed E-state index contributed by atoms with van der Waals surface area (Å²) in [6, 6.07) is 1.33. The lowest BCUT2D eigenvalue weighted by atomic mass is 10.2. The predicted octanol–water partition coefficient (Wildman–Crippen LogP) is 2.03. The van der Waals surface area contributed by atoms with E-state index in [1.165, 1.54) is 12.3 Å². The van der Waals surface area contributed by atoms with Crippen LogP contribution >= 0.6 is 0 Å². The van der Waals surface area contributed by atoms with Gasteiger partial charge >= 0.3 is 12.1 Å². The normalized spacial score (nSPS) is 11.6. The molecule has 1 N–H and O–H groups in total. The number of aromatic nitrogens is 1. The summed E-state index contributed by atoms with van der Waals surface area (Å²) < 4.78 is 9.59. The summed E-state index contributed by atoms with van der Waals surface area (Å²) in [6.45, 7) is 4.96. The molecule has 0 spiro atoms. The van der Waals surface area contributed by atoms with Crippen LogP contribution in [0.15, 0.2) is 24.2 Å². The molecule has 1 amide bonds. The number of hydrogen-bond donors (Lipinski definition) is 1. The fourth-order valence-corrected chi connectivity index (χ4v) is 1.50. The van der Waals surface area contributed by atoms with Gasteiger partial charge in [-0.2, -0.15) is 0 Å². The Kier molecular flexibility index (Phi) is 5.77. The molecule has 1 rings (SSSR count). The summed E-state index contributed by atoms with van der Waals surface area (Å²) in [5.74, 6) is -0.873. The van der Waals surface area contributed by atoms with Crippen molar-refractivity contribution in [3.63, 3.8) is 0 Å². The number of pyridine rings is 1. The number of amides is 1. The maximum atomic E-state index is 11.8. The fourth-order valence-electron chi connectivity index (χ4n) is 1.50. The molecular formula is C14H17N3O6. The molecule has 0 aliphatic rings. The Morgan fingerprint density at radius 3 is 2.57 bits per heavy atom. The van der Waals surface area contributed by atoms with Gasteiger partial charge in [-0.05, 0) is 32.9 Å². The number of ether oxygens (including phenoxy) is 2. The minimum absolute atomic E-state index is 0.0847. The molecule has 1 aromatic rings. The van der Waals surface area contributed by atoms with Crippen LogP contribution in [-0.2, 0) is 14.3 Å². The molecular weight excluding hydrogens is 306 g/mol. The lowest BCUT2D eigenvalue weighted by Gasteiger charge is -2.20. The van der Waals surface area contributed by atoms with Gasteiger partial charge in [-0.1, -0.05) is 0 Å². The summed E-state index contributed by atoms with van der Waals surface area (Å²) in [7, 11) is 1.12. The minimum atomic E-state index is -0.883. The average Bonchev–Trinajstić information content (AvgIpc) is 2.44. The lowest BCUT2D eigenvalue weighted by Crippen LogP contribution is -2.34. The number of alkyl carbamates (subject to hydrolysis) is 1. The molecule has 1 aromatic heterocycles. The lowest BCUT2D eigenvalue weighted by molar-refractivity contribution is -0.385. The molecule has 23 heavy (non-hydrogen) atoms. The Morgan fingerprint density at radius 1 is 1.39 bits per heavy atom. The number of esters is 1. The number of methoxy groups -OCH3 is 1. The van der Waals surface area contributed by atoms with Crippen LogP contribution in [0.3, 0.4) is 0 Å². The van der Waals surface area contributed by atoms with E-state index in [0.29, 0.717) is 0 Å². The Hall–Kier alpha value is -2.97. The third-order valence-corrected chi connectivity index (χ3v) is 2.37. The van der Waals surface area contributed by atoms with E-state index in [1.54, 1.807) is 20.8 Å². The van der Waals surface area contributed by atoms with Gasteiger partial charge in [-0.15, -0.1) is 0 Å². The first-order valence-electron chi connectivity index (χ1n) is 6.52. The molecule has 0 aliphatic carbocycles. The monoisotopic (exact) mass is 323 g/mol. The maximum Gasteiger partial charge on any atom is 0.412 e. The van der Waals surface area contributed by atoms with Crippen LogP contribution in [0.5, 0.6) is 0 Å². The van der Waals surface area contributed by atoms with Gasteiger partial charge in [0.05, 0.1) is 17.6 Å². The molecule has 0 atom stereocenters. The molecule has 1 heterocycles. The smallest absolute Gasteiger partial charge is 0.412 e. The number of hydrogen-bond acceptors (Lipinski definition) is 7. The van der Waals surface area contributed by atoms with Crippen molar-refractivity contribution in [1.82, 2.24) is 10.3 Å². The van der Waals surface area contributed by atoms with E-state index in [0.717, 1.165) is 19.4 Å². The van der Waals surface area contributed by atoms with Crippen LogP contribution in [0.2, 0.25) is 0 Å². The number of nitro groups is 1. The minimum Gasteiger partial charge on any atom is -0.464 e. The Balaban J connectivity index is 3.15. The molecule has 0 saturated heterocycles. The molecule has 0 fully saturated rings. The van der Waals surface area contributed by atoms with Crippen molar-refractivity contribution in [2.45, 2.75) is 26.4 Å². The van der Waals surface area contributed by atoms with Crippen molar-refractivity contribution in [3.8, 4) is 0 Å². The highest BCUT2D eigenvalue weighted by molar-refractivity contribution is 5.97. The molecule has 0 unspecified atom stereocenters. The predicted molar refractivity (Wildman–Crippen MR) is 80.3 cm³/mol. The van der Waals surface area contributed by atoms with E-state index in [-0.39, 0.29) is 16.9 Å². The van der Waals surface area contributed by atoms with E-state index in [9.17, 15) is 19.7 Å². The van der Waals surface area contributed by atoms with Crippen molar-refractivity contribution >= 4 is 23.8 Å².